The van der Waals surface area contributed by atoms with Crippen LogP contribution in [0.5, 0.6) is 0 Å². The Labute approximate surface area is 164 Å². The van der Waals surface area contributed by atoms with Gasteiger partial charge < -0.3 is 9.67 Å². The van der Waals surface area contributed by atoms with E-state index in [1.165, 1.54) is 5.56 Å². The molecule has 1 aromatic heterocycles. The van der Waals surface area contributed by atoms with Crippen LogP contribution in [0.1, 0.15) is 30.4 Å². The van der Waals surface area contributed by atoms with Crippen molar-refractivity contribution in [3.05, 3.63) is 102 Å². The molecule has 0 amide bonds. The summed E-state index contributed by atoms with van der Waals surface area (Å²) in [5.74, 6) is -1.17. The number of para-hydroxylation sites is 2. The van der Waals surface area contributed by atoms with Crippen LogP contribution in [0.25, 0.3) is 16.6 Å². The molecule has 1 N–H and O–H groups in total. The quantitative estimate of drug-likeness (QED) is 0.461. The van der Waals surface area contributed by atoms with Crippen molar-refractivity contribution in [3.8, 4) is 5.69 Å². The number of hydrogen-bond acceptors (Lipinski definition) is 1. The zero-order valence-electron chi connectivity index (χ0n) is 15.8. The molecule has 3 nitrogen and oxygen atoms in total. The summed E-state index contributed by atoms with van der Waals surface area (Å²) in [6, 6.07) is 28.8. The van der Waals surface area contributed by atoms with E-state index in [2.05, 4.69) is 47.2 Å². The zero-order valence-corrected chi connectivity index (χ0v) is 15.8. The Morgan fingerprint density at radius 3 is 2.18 bits per heavy atom. The van der Waals surface area contributed by atoms with Crippen LogP contribution < -0.4 is 0 Å². The van der Waals surface area contributed by atoms with Gasteiger partial charge in [0.2, 0.25) is 0 Å². The van der Waals surface area contributed by atoms with Crippen LogP contribution >= 0.6 is 0 Å². The van der Waals surface area contributed by atoms with Gasteiger partial charge in [0, 0.05) is 23.2 Å². The number of carbonyl (C=O) groups is 1. The number of benzene rings is 3. The summed E-state index contributed by atoms with van der Waals surface area (Å²) >= 11 is 0. The van der Waals surface area contributed by atoms with Crippen molar-refractivity contribution in [2.45, 2.75) is 19.3 Å². The monoisotopic (exact) mass is 369 g/mol. The van der Waals surface area contributed by atoms with Crippen LogP contribution in [-0.2, 0) is 4.79 Å². The van der Waals surface area contributed by atoms with E-state index in [4.69, 9.17) is 0 Å². The molecule has 0 aliphatic heterocycles. The smallest absolute Gasteiger partial charge is 0.306 e. The van der Waals surface area contributed by atoms with Crippen molar-refractivity contribution in [1.82, 2.24) is 4.57 Å². The number of rotatable bonds is 6. The van der Waals surface area contributed by atoms with Crippen LogP contribution in [0.4, 0.5) is 0 Å². The fourth-order valence-electron chi connectivity index (χ4n) is 3.87. The molecule has 0 aliphatic carbocycles. The minimum absolute atomic E-state index is 0.0159. The summed E-state index contributed by atoms with van der Waals surface area (Å²) in [4.78, 5) is 11.6. The highest BCUT2D eigenvalue weighted by atomic mass is 16.4. The number of aliphatic carboxylic acids is 1. The number of carboxylic acids is 1. The third-order valence-corrected chi connectivity index (χ3v) is 5.37. The predicted octanol–water partition coefficient (Wildman–Crippen LogP) is 5.87. The number of fused-ring (bicyclic) bond motifs is 1. The van der Waals surface area contributed by atoms with Crippen LogP contribution in [0.3, 0.4) is 0 Å². The minimum atomic E-state index is -0.757. The molecule has 3 aromatic carbocycles. The molecule has 28 heavy (non-hydrogen) atoms. The van der Waals surface area contributed by atoms with Gasteiger partial charge in [-0.25, -0.2) is 0 Å². The molecule has 0 saturated heterocycles. The predicted molar refractivity (Wildman–Crippen MR) is 113 cm³/mol. The van der Waals surface area contributed by atoms with E-state index in [1.54, 1.807) is 6.92 Å². The van der Waals surface area contributed by atoms with Gasteiger partial charge in [0.25, 0.3) is 0 Å². The first kappa shape index (κ1) is 18.1. The van der Waals surface area contributed by atoms with Gasteiger partial charge in [-0.1, -0.05) is 73.7 Å². The molecule has 2 atom stereocenters. The molecule has 4 rings (SSSR count). The van der Waals surface area contributed by atoms with Crippen LogP contribution in [0.2, 0.25) is 0 Å². The number of carboxylic acid groups (broad SMARTS) is 1. The molecule has 0 fully saturated rings. The van der Waals surface area contributed by atoms with Crippen molar-refractivity contribution in [2.24, 2.45) is 5.92 Å². The summed E-state index contributed by atoms with van der Waals surface area (Å²) in [6.45, 7) is 1.79. The van der Waals surface area contributed by atoms with E-state index in [0.717, 1.165) is 22.2 Å². The Bertz CT molecular complexity index is 1080. The van der Waals surface area contributed by atoms with E-state index in [9.17, 15) is 9.90 Å². The SMILES string of the molecule is CC(CC(c1ccccc1)c1cn(-c2ccccc2)c2ccccc12)C(=O)O. The third kappa shape index (κ3) is 3.44. The summed E-state index contributed by atoms with van der Waals surface area (Å²) < 4.78 is 2.20. The Morgan fingerprint density at radius 2 is 1.50 bits per heavy atom. The third-order valence-electron chi connectivity index (χ3n) is 5.37. The first-order valence-electron chi connectivity index (χ1n) is 9.58. The van der Waals surface area contributed by atoms with Crippen molar-refractivity contribution in [3.63, 3.8) is 0 Å². The second-order valence-corrected chi connectivity index (χ2v) is 7.25. The van der Waals surface area contributed by atoms with Crippen molar-refractivity contribution >= 4 is 16.9 Å². The highest BCUT2D eigenvalue weighted by Gasteiger charge is 2.24. The van der Waals surface area contributed by atoms with Crippen LogP contribution in [0.15, 0.2) is 91.1 Å². The Balaban J connectivity index is 1.90. The zero-order chi connectivity index (χ0) is 19.5. The summed E-state index contributed by atoms with van der Waals surface area (Å²) in [5, 5.41) is 10.7. The van der Waals surface area contributed by atoms with E-state index in [-0.39, 0.29) is 5.92 Å². The van der Waals surface area contributed by atoms with Crippen molar-refractivity contribution in [2.75, 3.05) is 0 Å². The second kappa shape index (κ2) is 7.73. The van der Waals surface area contributed by atoms with Gasteiger partial charge >= 0.3 is 5.97 Å². The molecule has 1 heterocycles. The van der Waals surface area contributed by atoms with Crippen LogP contribution in [-0.4, -0.2) is 15.6 Å². The van der Waals surface area contributed by atoms with E-state index in [1.807, 2.05) is 48.5 Å². The Morgan fingerprint density at radius 1 is 0.893 bits per heavy atom. The average Bonchev–Trinajstić information content (AvgIpc) is 3.12. The average molecular weight is 369 g/mol. The molecule has 0 saturated carbocycles. The van der Waals surface area contributed by atoms with Crippen LogP contribution in [0, 0.1) is 5.92 Å². The topological polar surface area (TPSA) is 42.2 Å². The van der Waals surface area contributed by atoms with Gasteiger partial charge in [0.1, 0.15) is 0 Å². The standard InChI is InChI=1S/C25H23NO2/c1-18(25(27)28)16-22(19-10-4-2-5-11-19)23-17-26(20-12-6-3-7-13-20)24-15-9-8-14-21(23)24/h2-15,17-18,22H,16H2,1H3,(H,27,28). The Kier molecular flexibility index (Phi) is 4.98. The molecule has 3 heteroatoms. The molecular weight excluding hydrogens is 346 g/mol. The molecule has 0 bridgehead atoms. The van der Waals surface area contributed by atoms with Crippen molar-refractivity contribution < 1.29 is 9.90 Å². The highest BCUT2D eigenvalue weighted by molar-refractivity contribution is 5.86. The maximum absolute atomic E-state index is 11.6. The minimum Gasteiger partial charge on any atom is -0.481 e. The highest BCUT2D eigenvalue weighted by Crippen LogP contribution is 2.37. The number of hydrogen-bond donors (Lipinski definition) is 1. The fraction of sp³-hybridized carbons (Fsp3) is 0.160. The lowest BCUT2D eigenvalue weighted by Gasteiger charge is -2.19. The molecular formula is C25H23NO2. The summed E-state index contributed by atoms with van der Waals surface area (Å²) in [6.07, 6.45) is 2.73. The van der Waals surface area contributed by atoms with Gasteiger partial charge in [0.05, 0.1) is 11.4 Å². The molecule has 2 unspecified atom stereocenters. The summed E-state index contributed by atoms with van der Waals surface area (Å²) in [5.41, 5.74) is 4.54. The molecule has 0 radical (unpaired) electrons. The van der Waals surface area contributed by atoms with Crippen molar-refractivity contribution in [1.29, 1.82) is 0 Å². The summed E-state index contributed by atoms with van der Waals surface area (Å²) in [7, 11) is 0. The Hall–Kier alpha value is -3.33. The molecule has 4 aromatic rings. The van der Waals surface area contributed by atoms with Gasteiger partial charge in [-0.3, -0.25) is 4.79 Å². The maximum Gasteiger partial charge on any atom is 0.306 e. The molecule has 0 aliphatic rings. The van der Waals surface area contributed by atoms with E-state index < -0.39 is 11.9 Å². The molecule has 140 valence electrons. The fourth-order valence-corrected chi connectivity index (χ4v) is 3.87. The van der Waals surface area contributed by atoms with Gasteiger partial charge in [-0.05, 0) is 35.7 Å². The lowest BCUT2D eigenvalue weighted by molar-refractivity contribution is -0.141. The van der Waals surface area contributed by atoms with Gasteiger partial charge in [-0.15, -0.1) is 0 Å². The maximum atomic E-state index is 11.6. The van der Waals surface area contributed by atoms with Gasteiger partial charge in [-0.2, -0.15) is 0 Å². The first-order valence-corrected chi connectivity index (χ1v) is 9.58. The van der Waals surface area contributed by atoms with Gasteiger partial charge in [0.15, 0.2) is 0 Å². The lowest BCUT2D eigenvalue weighted by Crippen LogP contribution is -2.14. The van der Waals surface area contributed by atoms with E-state index >= 15 is 0 Å². The lowest BCUT2D eigenvalue weighted by atomic mass is 9.84. The number of nitrogens with zero attached hydrogens (tertiary/aromatic N) is 1. The normalized spacial score (nSPS) is 13.3. The first-order chi connectivity index (χ1) is 13.6. The van der Waals surface area contributed by atoms with E-state index in [0.29, 0.717) is 6.42 Å². The number of aromatic nitrogens is 1. The molecule has 0 spiro atoms. The largest absolute Gasteiger partial charge is 0.481 e. The second-order valence-electron chi connectivity index (χ2n) is 7.25.